The molecule has 126 valence electrons. The number of aromatic nitrogens is 1. The fraction of sp³-hybridized carbons (Fsp3) is 0. The molecule has 0 amide bonds. The highest BCUT2D eigenvalue weighted by Crippen LogP contribution is 2.24. The minimum Gasteiger partial charge on any atom is -0.409 e. The van der Waals surface area contributed by atoms with Crippen molar-refractivity contribution >= 4 is 28.7 Å². The number of hydrogen-bond donors (Lipinski definition) is 0. The molecular weight excluding hydrogens is 326 g/mol. The van der Waals surface area contributed by atoms with E-state index in [1.807, 2.05) is 72.8 Å². The van der Waals surface area contributed by atoms with Gasteiger partial charge in [-0.05, 0) is 29.3 Å². The molecule has 1 heterocycles. The van der Waals surface area contributed by atoms with Gasteiger partial charge in [0.1, 0.15) is 5.52 Å². The van der Waals surface area contributed by atoms with Crippen LogP contribution in [0.5, 0.6) is 6.08 Å². The van der Waals surface area contributed by atoms with Crippen LogP contribution in [0.3, 0.4) is 0 Å². The van der Waals surface area contributed by atoms with E-state index >= 15 is 0 Å². The summed E-state index contributed by atoms with van der Waals surface area (Å²) in [5.41, 5.74) is 3.31. The molecule has 4 nitrogen and oxygen atoms in total. The van der Waals surface area contributed by atoms with Crippen LogP contribution in [0.15, 0.2) is 89.3 Å². The highest BCUT2D eigenvalue weighted by molar-refractivity contribution is 6.22. The van der Waals surface area contributed by atoms with Crippen molar-refractivity contribution in [2.75, 3.05) is 0 Å². The summed E-state index contributed by atoms with van der Waals surface area (Å²) in [6.07, 6.45) is 1.73. The van der Waals surface area contributed by atoms with Gasteiger partial charge in [-0.1, -0.05) is 72.8 Å². The molecule has 3 aromatic carbocycles. The quantitative estimate of drug-likeness (QED) is 0.299. The van der Waals surface area contributed by atoms with E-state index in [4.69, 9.17) is 9.15 Å². The van der Waals surface area contributed by atoms with Gasteiger partial charge in [-0.3, -0.25) is 0 Å². The van der Waals surface area contributed by atoms with E-state index in [0.717, 1.165) is 11.1 Å². The van der Waals surface area contributed by atoms with Gasteiger partial charge in [0, 0.05) is 0 Å². The highest BCUT2D eigenvalue weighted by atomic mass is 16.6. The fourth-order valence-corrected chi connectivity index (χ4v) is 2.62. The summed E-state index contributed by atoms with van der Waals surface area (Å²) in [6.45, 7) is 0. The summed E-state index contributed by atoms with van der Waals surface area (Å²) in [7, 11) is 0. The lowest BCUT2D eigenvalue weighted by Gasteiger charge is -2.06. The Bertz CT molecular complexity index is 1030. The molecule has 4 rings (SSSR count). The van der Waals surface area contributed by atoms with Gasteiger partial charge in [-0.2, -0.15) is 4.98 Å². The third-order valence-corrected chi connectivity index (χ3v) is 3.87. The maximum absolute atomic E-state index is 12.8. The summed E-state index contributed by atoms with van der Waals surface area (Å²) in [5.74, 6) is -0.522. The molecule has 0 aliphatic heterocycles. The van der Waals surface area contributed by atoms with Crippen molar-refractivity contribution < 1.29 is 13.9 Å². The van der Waals surface area contributed by atoms with Crippen LogP contribution in [-0.2, 0) is 4.79 Å². The van der Waals surface area contributed by atoms with E-state index in [0.29, 0.717) is 16.7 Å². The van der Waals surface area contributed by atoms with Crippen molar-refractivity contribution in [3.05, 3.63) is 96.1 Å². The monoisotopic (exact) mass is 341 g/mol. The standard InChI is InChI=1S/C22H15NO3/c24-21(26-22-23-19-13-7-8-14-20(19)25-22)18(17-11-5-2-6-12-17)15-16-9-3-1-4-10-16/h1-15H. The first-order valence-electron chi connectivity index (χ1n) is 8.19. The lowest BCUT2D eigenvalue weighted by atomic mass is 10.0. The van der Waals surface area contributed by atoms with Crippen molar-refractivity contribution in [1.82, 2.24) is 4.98 Å². The Hall–Kier alpha value is -3.66. The van der Waals surface area contributed by atoms with Gasteiger partial charge in [-0.25, -0.2) is 4.79 Å². The predicted octanol–water partition coefficient (Wildman–Crippen LogP) is 4.97. The number of esters is 1. The molecule has 0 radical (unpaired) electrons. The molecule has 26 heavy (non-hydrogen) atoms. The first-order valence-corrected chi connectivity index (χ1v) is 8.19. The number of oxazole rings is 1. The molecule has 0 spiro atoms. The minimum atomic E-state index is -0.522. The molecule has 0 aliphatic rings. The van der Waals surface area contributed by atoms with Crippen molar-refractivity contribution in [3.8, 4) is 6.08 Å². The molecule has 0 saturated heterocycles. The number of rotatable bonds is 4. The normalized spacial score (nSPS) is 11.5. The highest BCUT2D eigenvalue weighted by Gasteiger charge is 2.18. The molecule has 0 bridgehead atoms. The summed E-state index contributed by atoms with van der Waals surface area (Å²) in [6, 6.07) is 26.3. The van der Waals surface area contributed by atoms with Gasteiger partial charge < -0.3 is 9.15 Å². The average Bonchev–Trinajstić information content (AvgIpc) is 3.09. The Balaban J connectivity index is 1.69. The van der Waals surface area contributed by atoms with E-state index < -0.39 is 5.97 Å². The van der Waals surface area contributed by atoms with E-state index in [2.05, 4.69) is 4.98 Å². The molecule has 0 saturated carbocycles. The van der Waals surface area contributed by atoms with Crippen LogP contribution in [0, 0.1) is 0 Å². The Labute approximate surface area is 150 Å². The number of nitrogens with zero attached hydrogens (tertiary/aromatic N) is 1. The van der Waals surface area contributed by atoms with E-state index in [-0.39, 0.29) is 6.08 Å². The molecule has 0 fully saturated rings. The third-order valence-electron chi connectivity index (χ3n) is 3.87. The fourth-order valence-electron chi connectivity index (χ4n) is 2.62. The maximum Gasteiger partial charge on any atom is 0.402 e. The van der Waals surface area contributed by atoms with Gasteiger partial charge in [0.05, 0.1) is 5.57 Å². The van der Waals surface area contributed by atoms with E-state index in [1.54, 1.807) is 18.2 Å². The first kappa shape index (κ1) is 15.8. The van der Waals surface area contributed by atoms with Crippen molar-refractivity contribution in [2.45, 2.75) is 0 Å². The number of carbonyl (C=O) groups excluding carboxylic acids is 1. The molecule has 0 aliphatic carbocycles. The molecule has 0 unspecified atom stereocenters. The molecule has 4 aromatic rings. The lowest BCUT2D eigenvalue weighted by molar-refractivity contribution is -0.129. The lowest BCUT2D eigenvalue weighted by Crippen LogP contribution is -2.10. The zero-order chi connectivity index (χ0) is 17.8. The van der Waals surface area contributed by atoms with Gasteiger partial charge in [0.15, 0.2) is 5.58 Å². The number of carbonyl (C=O) groups is 1. The summed E-state index contributed by atoms with van der Waals surface area (Å²) in [5, 5.41) is 0. The number of hydrogen-bond acceptors (Lipinski definition) is 4. The number of benzene rings is 3. The van der Waals surface area contributed by atoms with Crippen molar-refractivity contribution in [2.24, 2.45) is 0 Å². The Morgan fingerprint density at radius 3 is 2.23 bits per heavy atom. The largest absolute Gasteiger partial charge is 0.409 e. The van der Waals surface area contributed by atoms with Gasteiger partial charge >= 0.3 is 12.0 Å². The van der Waals surface area contributed by atoms with Gasteiger partial charge in [0.25, 0.3) is 0 Å². The van der Waals surface area contributed by atoms with Crippen LogP contribution in [0.1, 0.15) is 11.1 Å². The molecule has 0 atom stereocenters. The molecule has 1 aromatic heterocycles. The van der Waals surface area contributed by atoms with Crippen LogP contribution in [0.25, 0.3) is 22.7 Å². The Morgan fingerprint density at radius 1 is 0.846 bits per heavy atom. The number of fused-ring (bicyclic) bond motifs is 1. The van der Waals surface area contributed by atoms with Crippen LogP contribution in [0.4, 0.5) is 0 Å². The SMILES string of the molecule is O=C(Oc1nc2ccccc2o1)C(=Cc1ccccc1)c1ccccc1. The van der Waals surface area contributed by atoms with Gasteiger partial charge in [-0.15, -0.1) is 0 Å². The molecule has 4 heteroatoms. The average molecular weight is 341 g/mol. The summed E-state index contributed by atoms with van der Waals surface area (Å²) < 4.78 is 10.9. The minimum absolute atomic E-state index is 0.0638. The maximum atomic E-state index is 12.8. The zero-order valence-corrected chi connectivity index (χ0v) is 13.8. The first-order chi connectivity index (χ1) is 12.8. The number of ether oxygens (including phenoxy) is 1. The van der Waals surface area contributed by atoms with E-state index in [1.165, 1.54) is 0 Å². The van der Waals surface area contributed by atoms with Crippen molar-refractivity contribution in [3.63, 3.8) is 0 Å². The van der Waals surface area contributed by atoms with Crippen LogP contribution < -0.4 is 4.74 Å². The van der Waals surface area contributed by atoms with Gasteiger partial charge in [0.2, 0.25) is 0 Å². The predicted molar refractivity (Wildman–Crippen MR) is 100 cm³/mol. The topological polar surface area (TPSA) is 52.3 Å². The Kier molecular flexibility index (Phi) is 4.31. The van der Waals surface area contributed by atoms with Crippen LogP contribution in [-0.4, -0.2) is 11.0 Å². The van der Waals surface area contributed by atoms with Crippen molar-refractivity contribution in [1.29, 1.82) is 0 Å². The molecule has 0 N–H and O–H groups in total. The number of para-hydroxylation sites is 2. The third kappa shape index (κ3) is 3.39. The zero-order valence-electron chi connectivity index (χ0n) is 13.8. The van der Waals surface area contributed by atoms with Crippen LogP contribution in [0.2, 0.25) is 0 Å². The smallest absolute Gasteiger partial charge is 0.402 e. The second-order valence-corrected chi connectivity index (χ2v) is 5.67. The Morgan fingerprint density at radius 2 is 1.50 bits per heavy atom. The second kappa shape index (κ2) is 7.07. The summed E-state index contributed by atoms with van der Waals surface area (Å²) in [4.78, 5) is 17.0. The summed E-state index contributed by atoms with van der Waals surface area (Å²) >= 11 is 0. The van der Waals surface area contributed by atoms with Crippen LogP contribution >= 0.6 is 0 Å². The second-order valence-electron chi connectivity index (χ2n) is 5.67. The van der Waals surface area contributed by atoms with E-state index in [9.17, 15) is 4.79 Å². The molecular formula is C22H15NO3.